The molecule has 0 atom stereocenters. The minimum absolute atomic E-state index is 0.289. The number of nitrogens with one attached hydrogen (secondary N) is 1. The van der Waals surface area contributed by atoms with Gasteiger partial charge in [0.2, 0.25) is 10.0 Å². The van der Waals surface area contributed by atoms with Crippen molar-refractivity contribution < 1.29 is 22.7 Å². The third-order valence-corrected chi connectivity index (χ3v) is 5.51. The fraction of sp³-hybridized carbons (Fsp3) is 0.263. The third-order valence-electron chi connectivity index (χ3n) is 3.96. The van der Waals surface area contributed by atoms with Crippen molar-refractivity contribution >= 4 is 39.4 Å². The van der Waals surface area contributed by atoms with Crippen LogP contribution >= 0.6 is 11.6 Å². The van der Waals surface area contributed by atoms with Gasteiger partial charge in [-0.15, -0.1) is 0 Å². The average Bonchev–Trinajstić information content (AvgIpc) is 2.67. The second-order valence-corrected chi connectivity index (χ2v) is 8.39. The molecule has 0 aliphatic carbocycles. The monoisotopic (exact) mass is 439 g/mol. The molecule has 0 saturated heterocycles. The van der Waals surface area contributed by atoms with Crippen LogP contribution in [0.3, 0.4) is 0 Å². The molecule has 0 saturated carbocycles. The number of rotatable bonds is 8. The van der Waals surface area contributed by atoms with Crippen LogP contribution in [-0.4, -0.2) is 47.6 Å². The molecule has 2 aromatic carbocycles. The first-order valence-corrected chi connectivity index (χ1v) is 10.7. The summed E-state index contributed by atoms with van der Waals surface area (Å²) in [6.45, 7) is 1.34. The van der Waals surface area contributed by atoms with Crippen molar-refractivity contribution in [3.05, 3.63) is 52.5 Å². The summed E-state index contributed by atoms with van der Waals surface area (Å²) in [7, 11) is -0.712. The Labute approximate surface area is 175 Å². The standard InChI is InChI=1S/C19H22ClN3O5S/c1-13-8-9-15(10-16(13)20)23(29(4,25)26)12-18(24)22-21-11-14-6-5-7-17(27-2)19(14)28-3/h5-11H,12H2,1-4H3,(H,22,24)/b21-11-. The predicted molar refractivity (Wildman–Crippen MR) is 114 cm³/mol. The first kappa shape index (κ1) is 22.5. The molecule has 0 spiro atoms. The highest BCUT2D eigenvalue weighted by Gasteiger charge is 2.21. The molecule has 0 heterocycles. The van der Waals surface area contributed by atoms with Gasteiger partial charge in [-0.25, -0.2) is 13.8 Å². The van der Waals surface area contributed by atoms with Crippen LogP contribution in [-0.2, 0) is 14.8 Å². The van der Waals surface area contributed by atoms with Gasteiger partial charge in [0.15, 0.2) is 11.5 Å². The number of hydrazone groups is 1. The number of anilines is 1. The van der Waals surface area contributed by atoms with E-state index >= 15 is 0 Å². The largest absolute Gasteiger partial charge is 0.493 e. The van der Waals surface area contributed by atoms with Gasteiger partial charge in [0.1, 0.15) is 6.54 Å². The Balaban J connectivity index is 2.15. The summed E-state index contributed by atoms with van der Waals surface area (Å²) in [4.78, 5) is 12.3. The Morgan fingerprint density at radius 3 is 2.55 bits per heavy atom. The van der Waals surface area contributed by atoms with Crippen molar-refractivity contribution in [1.82, 2.24) is 5.43 Å². The number of hydrogen-bond donors (Lipinski definition) is 1. The number of sulfonamides is 1. The fourth-order valence-corrected chi connectivity index (χ4v) is 3.51. The number of halogens is 1. The summed E-state index contributed by atoms with van der Waals surface area (Å²) in [5.41, 5.74) is 3.98. The molecule has 0 aromatic heterocycles. The van der Waals surface area contributed by atoms with Crippen molar-refractivity contribution in [2.24, 2.45) is 5.10 Å². The highest BCUT2D eigenvalue weighted by atomic mass is 35.5. The topological polar surface area (TPSA) is 97.3 Å². The van der Waals surface area contributed by atoms with E-state index in [0.717, 1.165) is 16.1 Å². The van der Waals surface area contributed by atoms with Gasteiger partial charge < -0.3 is 9.47 Å². The number of aryl methyl sites for hydroxylation is 1. The van der Waals surface area contributed by atoms with Gasteiger partial charge in [0.05, 0.1) is 32.4 Å². The van der Waals surface area contributed by atoms with Crippen LogP contribution < -0.4 is 19.2 Å². The molecule has 10 heteroatoms. The van der Waals surface area contributed by atoms with E-state index in [4.69, 9.17) is 21.1 Å². The molecule has 0 aliphatic heterocycles. The molecule has 0 bridgehead atoms. The van der Waals surface area contributed by atoms with Crippen molar-refractivity contribution in [2.45, 2.75) is 6.92 Å². The molecule has 1 amide bonds. The van der Waals surface area contributed by atoms with Gasteiger partial charge >= 0.3 is 0 Å². The Hall–Kier alpha value is -2.78. The summed E-state index contributed by atoms with van der Waals surface area (Å²) in [5, 5.41) is 4.28. The van der Waals surface area contributed by atoms with Crippen LogP contribution in [0, 0.1) is 6.92 Å². The number of amides is 1. The highest BCUT2D eigenvalue weighted by Crippen LogP contribution is 2.29. The van der Waals surface area contributed by atoms with Crippen molar-refractivity contribution in [1.29, 1.82) is 0 Å². The van der Waals surface area contributed by atoms with E-state index in [-0.39, 0.29) is 5.69 Å². The second kappa shape index (κ2) is 9.62. The van der Waals surface area contributed by atoms with Crippen LogP contribution in [0.15, 0.2) is 41.5 Å². The normalized spacial score (nSPS) is 11.3. The van der Waals surface area contributed by atoms with Crippen LogP contribution in [0.4, 0.5) is 5.69 Å². The molecule has 0 radical (unpaired) electrons. The molecule has 0 unspecified atom stereocenters. The minimum Gasteiger partial charge on any atom is -0.493 e. The lowest BCUT2D eigenvalue weighted by atomic mass is 10.2. The van der Waals surface area contributed by atoms with Crippen LogP contribution in [0.25, 0.3) is 0 Å². The van der Waals surface area contributed by atoms with E-state index in [1.165, 1.54) is 26.5 Å². The van der Waals surface area contributed by atoms with Gasteiger partial charge in [-0.05, 0) is 36.8 Å². The van der Waals surface area contributed by atoms with Crippen molar-refractivity contribution in [2.75, 3.05) is 31.3 Å². The van der Waals surface area contributed by atoms with Gasteiger partial charge in [-0.2, -0.15) is 5.10 Å². The van der Waals surface area contributed by atoms with Gasteiger partial charge in [0.25, 0.3) is 5.91 Å². The Kier molecular flexibility index (Phi) is 7.46. The zero-order valence-corrected chi connectivity index (χ0v) is 18.0. The SMILES string of the molecule is COc1cccc(/C=N\NC(=O)CN(c2ccc(C)c(Cl)c2)S(C)(=O)=O)c1OC. The maximum Gasteiger partial charge on any atom is 0.260 e. The van der Waals surface area contributed by atoms with Crippen molar-refractivity contribution in [3.8, 4) is 11.5 Å². The lowest BCUT2D eigenvalue weighted by Gasteiger charge is -2.21. The highest BCUT2D eigenvalue weighted by molar-refractivity contribution is 7.92. The van der Waals surface area contributed by atoms with Gasteiger partial charge in [0, 0.05) is 10.6 Å². The molecule has 0 aliphatic rings. The summed E-state index contributed by atoms with van der Waals surface area (Å²) < 4.78 is 35.7. The molecule has 29 heavy (non-hydrogen) atoms. The number of para-hydroxylation sites is 1. The number of nitrogens with zero attached hydrogens (tertiary/aromatic N) is 2. The van der Waals surface area contributed by atoms with Crippen LogP contribution in [0.1, 0.15) is 11.1 Å². The summed E-state index contributed by atoms with van der Waals surface area (Å²) in [6, 6.07) is 9.97. The zero-order valence-electron chi connectivity index (χ0n) is 16.5. The van der Waals surface area contributed by atoms with E-state index in [1.54, 1.807) is 37.3 Å². The molecule has 2 aromatic rings. The minimum atomic E-state index is -3.71. The van der Waals surface area contributed by atoms with Gasteiger partial charge in [-0.1, -0.05) is 23.7 Å². The smallest absolute Gasteiger partial charge is 0.260 e. The summed E-state index contributed by atoms with van der Waals surface area (Å²) in [6.07, 6.45) is 2.39. The number of carbonyl (C=O) groups excluding carboxylic acids is 1. The van der Waals surface area contributed by atoms with Crippen molar-refractivity contribution in [3.63, 3.8) is 0 Å². The number of methoxy groups -OCH3 is 2. The predicted octanol–water partition coefficient (Wildman–Crippen LogP) is 2.58. The summed E-state index contributed by atoms with van der Waals surface area (Å²) >= 11 is 6.08. The van der Waals surface area contributed by atoms with E-state index in [9.17, 15) is 13.2 Å². The van der Waals surface area contributed by atoms with E-state index in [1.807, 2.05) is 0 Å². The Bertz CT molecular complexity index is 1020. The first-order valence-electron chi connectivity index (χ1n) is 8.44. The lowest BCUT2D eigenvalue weighted by molar-refractivity contribution is -0.119. The quantitative estimate of drug-likeness (QED) is 0.503. The number of hydrogen-bond acceptors (Lipinski definition) is 6. The molecule has 2 rings (SSSR count). The third kappa shape index (κ3) is 5.85. The number of ether oxygens (including phenoxy) is 2. The zero-order chi connectivity index (χ0) is 21.6. The van der Waals surface area contributed by atoms with Crippen LogP contribution in [0.5, 0.6) is 11.5 Å². The van der Waals surface area contributed by atoms with Gasteiger partial charge in [-0.3, -0.25) is 9.10 Å². The van der Waals surface area contributed by atoms with E-state index in [0.29, 0.717) is 22.1 Å². The lowest BCUT2D eigenvalue weighted by Crippen LogP contribution is -2.39. The van der Waals surface area contributed by atoms with E-state index in [2.05, 4.69) is 10.5 Å². The second-order valence-electron chi connectivity index (χ2n) is 6.08. The maximum atomic E-state index is 12.3. The molecule has 8 nitrogen and oxygen atoms in total. The first-order chi connectivity index (χ1) is 13.7. The Morgan fingerprint density at radius 1 is 1.24 bits per heavy atom. The Morgan fingerprint density at radius 2 is 1.97 bits per heavy atom. The molecule has 0 fully saturated rings. The molecule has 1 N–H and O–H groups in total. The van der Waals surface area contributed by atoms with E-state index < -0.39 is 22.5 Å². The maximum absolute atomic E-state index is 12.3. The summed E-state index contributed by atoms with van der Waals surface area (Å²) in [5.74, 6) is 0.354. The average molecular weight is 440 g/mol. The number of carbonyl (C=O) groups is 1. The fourth-order valence-electron chi connectivity index (χ4n) is 2.49. The number of benzene rings is 2. The molecular formula is C19H22ClN3O5S. The van der Waals surface area contributed by atoms with Crippen LogP contribution in [0.2, 0.25) is 5.02 Å². The molecular weight excluding hydrogens is 418 g/mol. The molecule has 156 valence electrons.